The van der Waals surface area contributed by atoms with Crippen molar-refractivity contribution in [3.05, 3.63) is 65.6 Å². The highest BCUT2D eigenvalue weighted by Gasteiger charge is 2.26. The SMILES string of the molecule is COc1ccc(C(=O)N2CCC(c3c[nH]c4cc(F)ccc34)CC2)cc1. The Kier molecular flexibility index (Phi) is 4.37. The smallest absolute Gasteiger partial charge is 0.253 e. The number of ether oxygens (including phenoxy) is 1. The number of carbonyl (C=O) groups excluding carboxylic acids is 1. The standard InChI is InChI=1S/C21H21FN2O2/c1-26-17-5-2-15(3-6-17)21(25)24-10-8-14(9-11-24)19-13-23-20-12-16(22)4-7-18(19)20/h2-7,12-14,23H,8-11H2,1H3. The molecule has 0 atom stereocenters. The van der Waals surface area contributed by atoms with Crippen LogP contribution in [0.4, 0.5) is 4.39 Å². The topological polar surface area (TPSA) is 45.3 Å². The van der Waals surface area contributed by atoms with Crippen LogP contribution in [0.2, 0.25) is 0 Å². The second-order valence-corrected chi connectivity index (χ2v) is 6.73. The number of nitrogens with one attached hydrogen (secondary N) is 1. The van der Waals surface area contributed by atoms with Crippen molar-refractivity contribution in [3.63, 3.8) is 0 Å². The summed E-state index contributed by atoms with van der Waals surface area (Å²) in [6.07, 6.45) is 3.80. The summed E-state index contributed by atoms with van der Waals surface area (Å²) in [4.78, 5) is 17.8. The van der Waals surface area contributed by atoms with E-state index in [0.29, 0.717) is 11.5 Å². The Balaban J connectivity index is 1.45. The molecule has 1 saturated heterocycles. The molecule has 1 N–H and O–H groups in total. The van der Waals surface area contributed by atoms with Gasteiger partial charge in [0.15, 0.2) is 0 Å². The molecule has 1 aliphatic rings. The number of methoxy groups -OCH3 is 1. The summed E-state index contributed by atoms with van der Waals surface area (Å²) < 4.78 is 18.5. The van der Waals surface area contributed by atoms with Gasteiger partial charge in [-0.25, -0.2) is 4.39 Å². The minimum absolute atomic E-state index is 0.0621. The van der Waals surface area contributed by atoms with E-state index in [4.69, 9.17) is 4.74 Å². The molecule has 2 heterocycles. The van der Waals surface area contributed by atoms with Gasteiger partial charge in [0, 0.05) is 35.8 Å². The molecule has 1 aliphatic heterocycles. The van der Waals surface area contributed by atoms with Gasteiger partial charge >= 0.3 is 0 Å². The normalized spacial score (nSPS) is 15.4. The molecule has 1 amide bonds. The summed E-state index contributed by atoms with van der Waals surface area (Å²) in [6, 6.07) is 12.1. The molecule has 4 rings (SSSR count). The van der Waals surface area contributed by atoms with Crippen LogP contribution in [-0.4, -0.2) is 36.0 Å². The average Bonchev–Trinajstić information content (AvgIpc) is 3.10. The van der Waals surface area contributed by atoms with Crippen LogP contribution in [0.5, 0.6) is 5.75 Å². The number of piperidine rings is 1. The molecule has 0 saturated carbocycles. The summed E-state index contributed by atoms with van der Waals surface area (Å²) >= 11 is 0. The summed E-state index contributed by atoms with van der Waals surface area (Å²) in [5, 5.41) is 1.08. The minimum atomic E-state index is -0.231. The lowest BCUT2D eigenvalue weighted by Gasteiger charge is -2.32. The van der Waals surface area contributed by atoms with E-state index in [9.17, 15) is 9.18 Å². The zero-order valence-electron chi connectivity index (χ0n) is 14.7. The Labute approximate surface area is 151 Å². The van der Waals surface area contributed by atoms with E-state index in [1.54, 1.807) is 7.11 Å². The third kappa shape index (κ3) is 3.05. The largest absolute Gasteiger partial charge is 0.497 e. The van der Waals surface area contributed by atoms with Crippen LogP contribution in [0, 0.1) is 5.82 Å². The van der Waals surface area contributed by atoms with Crippen LogP contribution in [0.15, 0.2) is 48.7 Å². The number of aromatic amines is 1. The van der Waals surface area contributed by atoms with E-state index in [-0.39, 0.29) is 11.7 Å². The number of aromatic nitrogens is 1. The summed E-state index contributed by atoms with van der Waals surface area (Å²) in [5.74, 6) is 0.961. The Morgan fingerprint density at radius 2 is 1.88 bits per heavy atom. The van der Waals surface area contributed by atoms with Crippen molar-refractivity contribution in [2.75, 3.05) is 20.2 Å². The van der Waals surface area contributed by atoms with Crippen LogP contribution in [-0.2, 0) is 0 Å². The van der Waals surface area contributed by atoms with Crippen LogP contribution < -0.4 is 4.74 Å². The molecule has 5 heteroatoms. The van der Waals surface area contributed by atoms with E-state index in [1.165, 1.54) is 17.7 Å². The highest BCUT2D eigenvalue weighted by molar-refractivity contribution is 5.94. The molecule has 26 heavy (non-hydrogen) atoms. The number of H-pyrrole nitrogens is 1. The van der Waals surface area contributed by atoms with Crippen LogP contribution in [0.3, 0.4) is 0 Å². The van der Waals surface area contributed by atoms with E-state index >= 15 is 0 Å². The Morgan fingerprint density at radius 1 is 1.15 bits per heavy atom. The fourth-order valence-corrected chi connectivity index (χ4v) is 3.77. The first-order valence-corrected chi connectivity index (χ1v) is 8.85. The molecule has 0 aliphatic carbocycles. The third-order valence-corrected chi connectivity index (χ3v) is 5.23. The van der Waals surface area contributed by atoms with Crippen molar-refractivity contribution in [1.82, 2.24) is 9.88 Å². The second-order valence-electron chi connectivity index (χ2n) is 6.73. The lowest BCUT2D eigenvalue weighted by Crippen LogP contribution is -2.37. The molecule has 4 nitrogen and oxygen atoms in total. The predicted octanol–water partition coefficient (Wildman–Crippen LogP) is 4.34. The second kappa shape index (κ2) is 6.83. The predicted molar refractivity (Wildman–Crippen MR) is 99.1 cm³/mol. The molecule has 0 unspecified atom stereocenters. The van der Waals surface area contributed by atoms with Gasteiger partial charge in [-0.05, 0) is 66.8 Å². The zero-order valence-corrected chi connectivity index (χ0v) is 14.7. The number of carbonyl (C=O) groups is 1. The first kappa shape index (κ1) is 16.6. The number of nitrogens with zero attached hydrogens (tertiary/aromatic N) is 1. The monoisotopic (exact) mass is 352 g/mol. The Bertz CT molecular complexity index is 925. The third-order valence-electron chi connectivity index (χ3n) is 5.23. The first-order valence-electron chi connectivity index (χ1n) is 8.85. The molecule has 134 valence electrons. The number of amides is 1. The highest BCUT2D eigenvalue weighted by Crippen LogP contribution is 2.33. The molecule has 0 bridgehead atoms. The van der Waals surface area contributed by atoms with Crippen LogP contribution in [0.1, 0.15) is 34.7 Å². The van der Waals surface area contributed by atoms with Gasteiger partial charge in [-0.15, -0.1) is 0 Å². The Morgan fingerprint density at radius 3 is 2.58 bits per heavy atom. The summed E-state index contributed by atoms with van der Waals surface area (Å²) in [5.41, 5.74) is 2.74. The summed E-state index contributed by atoms with van der Waals surface area (Å²) in [7, 11) is 1.61. The molecular weight excluding hydrogens is 331 g/mol. The molecule has 0 spiro atoms. The molecule has 1 aromatic heterocycles. The van der Waals surface area contributed by atoms with Gasteiger partial charge < -0.3 is 14.6 Å². The van der Waals surface area contributed by atoms with Gasteiger partial charge in [-0.3, -0.25) is 4.79 Å². The fraction of sp³-hybridized carbons (Fsp3) is 0.286. The van der Waals surface area contributed by atoms with Crippen molar-refractivity contribution in [3.8, 4) is 5.75 Å². The van der Waals surface area contributed by atoms with Gasteiger partial charge in [-0.1, -0.05) is 0 Å². The lowest BCUT2D eigenvalue weighted by molar-refractivity contribution is 0.0713. The van der Waals surface area contributed by atoms with Gasteiger partial charge in [0.05, 0.1) is 7.11 Å². The molecule has 1 fully saturated rings. The maximum Gasteiger partial charge on any atom is 0.253 e. The van der Waals surface area contributed by atoms with Crippen molar-refractivity contribution in [2.45, 2.75) is 18.8 Å². The lowest BCUT2D eigenvalue weighted by atomic mass is 9.89. The maximum absolute atomic E-state index is 13.4. The number of hydrogen-bond donors (Lipinski definition) is 1. The van der Waals surface area contributed by atoms with Crippen LogP contribution >= 0.6 is 0 Å². The first-order chi connectivity index (χ1) is 12.7. The number of hydrogen-bond acceptors (Lipinski definition) is 2. The minimum Gasteiger partial charge on any atom is -0.497 e. The van der Waals surface area contributed by atoms with Crippen molar-refractivity contribution >= 4 is 16.8 Å². The van der Waals surface area contributed by atoms with E-state index in [1.807, 2.05) is 41.4 Å². The van der Waals surface area contributed by atoms with Crippen molar-refractivity contribution in [1.29, 1.82) is 0 Å². The summed E-state index contributed by atoms with van der Waals surface area (Å²) in [6.45, 7) is 1.45. The number of benzene rings is 2. The van der Waals surface area contributed by atoms with E-state index < -0.39 is 0 Å². The highest BCUT2D eigenvalue weighted by atomic mass is 19.1. The van der Waals surface area contributed by atoms with Crippen LogP contribution in [0.25, 0.3) is 10.9 Å². The number of rotatable bonds is 3. The van der Waals surface area contributed by atoms with E-state index in [2.05, 4.69) is 4.98 Å². The molecular formula is C21H21FN2O2. The molecule has 3 aromatic rings. The average molecular weight is 352 g/mol. The molecule has 0 radical (unpaired) electrons. The molecule has 2 aromatic carbocycles. The van der Waals surface area contributed by atoms with Gasteiger partial charge in [-0.2, -0.15) is 0 Å². The number of halogens is 1. The number of fused-ring (bicyclic) bond motifs is 1. The van der Waals surface area contributed by atoms with Gasteiger partial charge in [0.25, 0.3) is 5.91 Å². The quantitative estimate of drug-likeness (QED) is 0.762. The zero-order chi connectivity index (χ0) is 18.1. The maximum atomic E-state index is 13.4. The van der Waals surface area contributed by atoms with Gasteiger partial charge in [0.2, 0.25) is 0 Å². The Hall–Kier alpha value is -2.82. The van der Waals surface area contributed by atoms with Gasteiger partial charge in [0.1, 0.15) is 11.6 Å². The fourth-order valence-electron chi connectivity index (χ4n) is 3.77. The van der Waals surface area contributed by atoms with Crippen molar-refractivity contribution in [2.24, 2.45) is 0 Å². The number of likely N-dealkylation sites (tertiary alicyclic amines) is 1. The van der Waals surface area contributed by atoms with Crippen molar-refractivity contribution < 1.29 is 13.9 Å². The van der Waals surface area contributed by atoms with E-state index in [0.717, 1.165) is 42.6 Å².